The van der Waals surface area contributed by atoms with Gasteiger partial charge < -0.3 is 4.42 Å². The predicted molar refractivity (Wildman–Crippen MR) is 77.7 cm³/mol. The van der Waals surface area contributed by atoms with Crippen LogP contribution in [0, 0.1) is 0 Å². The minimum absolute atomic E-state index is 0.275. The molecule has 0 amide bonds. The van der Waals surface area contributed by atoms with Crippen molar-refractivity contribution in [1.29, 1.82) is 0 Å². The number of rotatable bonds is 3. The van der Waals surface area contributed by atoms with E-state index in [4.69, 9.17) is 16.0 Å². The van der Waals surface area contributed by atoms with Crippen LogP contribution in [-0.4, -0.2) is 21.6 Å². The van der Waals surface area contributed by atoms with Crippen LogP contribution < -0.4 is 0 Å². The van der Waals surface area contributed by atoms with Crippen LogP contribution in [0.5, 0.6) is 0 Å². The van der Waals surface area contributed by atoms with Crippen molar-refractivity contribution in [3.8, 4) is 0 Å². The van der Waals surface area contributed by atoms with Crippen molar-refractivity contribution in [2.45, 2.75) is 39.3 Å². The molecule has 0 saturated carbocycles. The highest BCUT2D eigenvalue weighted by atomic mass is 35.5. The lowest BCUT2D eigenvalue weighted by Gasteiger charge is -2.28. The van der Waals surface area contributed by atoms with Crippen molar-refractivity contribution < 1.29 is 4.42 Å². The Morgan fingerprint density at radius 3 is 2.95 bits per heavy atom. The first-order valence-corrected chi connectivity index (χ1v) is 7.32. The number of halogens is 1. The Bertz CT molecular complexity index is 609. The van der Waals surface area contributed by atoms with Crippen LogP contribution in [0.25, 0.3) is 0 Å². The third kappa shape index (κ3) is 2.72. The molecule has 1 aliphatic rings. The van der Waals surface area contributed by atoms with Crippen LogP contribution in [0.15, 0.2) is 22.6 Å². The van der Waals surface area contributed by atoms with Crippen molar-refractivity contribution >= 4 is 11.6 Å². The van der Waals surface area contributed by atoms with E-state index in [1.54, 1.807) is 0 Å². The zero-order valence-electron chi connectivity index (χ0n) is 11.8. The monoisotopic (exact) mass is 291 g/mol. The summed E-state index contributed by atoms with van der Waals surface area (Å²) in [5.41, 5.74) is 2.58. The quantitative estimate of drug-likeness (QED) is 0.869. The summed E-state index contributed by atoms with van der Waals surface area (Å²) in [5, 5.41) is 9.07. The number of aromatic nitrogens is 2. The first kappa shape index (κ1) is 13.6. The van der Waals surface area contributed by atoms with E-state index >= 15 is 0 Å². The summed E-state index contributed by atoms with van der Waals surface area (Å²) in [4.78, 5) is 2.32. The van der Waals surface area contributed by atoms with Gasteiger partial charge in [0.05, 0.1) is 6.54 Å². The fourth-order valence-corrected chi connectivity index (χ4v) is 2.80. The Balaban J connectivity index is 1.71. The second-order valence-corrected chi connectivity index (χ2v) is 5.93. The van der Waals surface area contributed by atoms with Crippen LogP contribution in [0.3, 0.4) is 0 Å². The van der Waals surface area contributed by atoms with Crippen molar-refractivity contribution in [2.24, 2.45) is 0 Å². The normalized spacial score (nSPS) is 15.6. The Labute approximate surface area is 123 Å². The molecule has 1 aromatic carbocycles. The molecule has 0 unspecified atom stereocenters. The number of nitrogens with zero attached hydrogens (tertiary/aromatic N) is 3. The smallest absolute Gasteiger partial charge is 0.230 e. The highest BCUT2D eigenvalue weighted by Gasteiger charge is 2.20. The molecule has 1 aliphatic heterocycles. The minimum atomic E-state index is 0.275. The zero-order valence-corrected chi connectivity index (χ0v) is 12.5. The van der Waals surface area contributed by atoms with Crippen LogP contribution in [0.2, 0.25) is 5.02 Å². The SMILES string of the molecule is CC(C)c1nnc(CN2CCc3c(Cl)cccc3C2)o1. The Morgan fingerprint density at radius 1 is 1.35 bits per heavy atom. The molecule has 0 spiro atoms. The van der Waals surface area contributed by atoms with E-state index in [0.717, 1.165) is 24.5 Å². The molecule has 0 saturated heterocycles. The average Bonchev–Trinajstić information content (AvgIpc) is 2.88. The molecule has 0 bridgehead atoms. The van der Waals surface area contributed by atoms with Gasteiger partial charge in [-0.05, 0) is 23.6 Å². The first-order chi connectivity index (χ1) is 9.63. The fraction of sp³-hybridized carbons (Fsp3) is 0.467. The van der Waals surface area contributed by atoms with Gasteiger partial charge in [-0.2, -0.15) is 0 Å². The van der Waals surface area contributed by atoms with Crippen molar-refractivity contribution in [3.63, 3.8) is 0 Å². The summed E-state index contributed by atoms with van der Waals surface area (Å²) in [6.07, 6.45) is 0.972. The lowest BCUT2D eigenvalue weighted by Crippen LogP contribution is -2.30. The molecule has 1 aromatic heterocycles. The Kier molecular flexibility index (Phi) is 3.76. The maximum absolute atomic E-state index is 6.23. The summed E-state index contributed by atoms with van der Waals surface area (Å²) in [6, 6.07) is 6.11. The molecule has 0 N–H and O–H groups in total. The third-order valence-corrected chi connectivity index (χ3v) is 3.98. The molecular formula is C15H18ClN3O. The second-order valence-electron chi connectivity index (χ2n) is 5.53. The van der Waals surface area contributed by atoms with Gasteiger partial charge in [-0.15, -0.1) is 10.2 Å². The van der Waals surface area contributed by atoms with E-state index in [9.17, 15) is 0 Å². The van der Waals surface area contributed by atoms with E-state index in [-0.39, 0.29) is 5.92 Å². The highest BCUT2D eigenvalue weighted by molar-refractivity contribution is 6.31. The van der Waals surface area contributed by atoms with E-state index in [1.807, 2.05) is 12.1 Å². The molecule has 5 heteroatoms. The van der Waals surface area contributed by atoms with Gasteiger partial charge in [0.2, 0.25) is 11.8 Å². The molecule has 0 atom stereocenters. The van der Waals surface area contributed by atoms with E-state index in [0.29, 0.717) is 18.3 Å². The molecule has 4 nitrogen and oxygen atoms in total. The minimum Gasteiger partial charge on any atom is -0.424 e. The van der Waals surface area contributed by atoms with E-state index in [2.05, 4.69) is 35.0 Å². The number of hydrogen-bond acceptors (Lipinski definition) is 4. The average molecular weight is 292 g/mol. The Morgan fingerprint density at radius 2 is 2.20 bits per heavy atom. The molecule has 0 radical (unpaired) electrons. The first-order valence-electron chi connectivity index (χ1n) is 6.94. The number of benzene rings is 1. The van der Waals surface area contributed by atoms with Crippen LogP contribution in [0.4, 0.5) is 0 Å². The number of fused-ring (bicyclic) bond motifs is 1. The van der Waals surface area contributed by atoms with Crippen LogP contribution in [0.1, 0.15) is 42.7 Å². The maximum Gasteiger partial charge on any atom is 0.230 e. The lowest BCUT2D eigenvalue weighted by molar-refractivity contribution is 0.218. The van der Waals surface area contributed by atoms with Crippen molar-refractivity contribution in [1.82, 2.24) is 15.1 Å². The second kappa shape index (κ2) is 5.54. The summed E-state index contributed by atoms with van der Waals surface area (Å²) in [5.74, 6) is 1.68. The zero-order chi connectivity index (χ0) is 14.1. The Hall–Kier alpha value is -1.39. The molecule has 2 heterocycles. The summed E-state index contributed by atoms with van der Waals surface area (Å²) >= 11 is 6.23. The van der Waals surface area contributed by atoms with Gasteiger partial charge in [0.15, 0.2) is 0 Å². The molecule has 0 aliphatic carbocycles. The predicted octanol–water partition coefficient (Wildman–Crippen LogP) is 3.40. The summed E-state index contributed by atoms with van der Waals surface area (Å²) < 4.78 is 5.67. The fourth-order valence-electron chi connectivity index (χ4n) is 2.51. The number of hydrogen-bond donors (Lipinski definition) is 0. The topological polar surface area (TPSA) is 42.2 Å². The summed E-state index contributed by atoms with van der Waals surface area (Å²) in [7, 11) is 0. The summed E-state index contributed by atoms with van der Waals surface area (Å²) in [6.45, 7) is 6.66. The van der Waals surface area contributed by atoms with Gasteiger partial charge in [-0.1, -0.05) is 37.6 Å². The van der Waals surface area contributed by atoms with E-state index in [1.165, 1.54) is 11.1 Å². The largest absolute Gasteiger partial charge is 0.424 e. The van der Waals surface area contributed by atoms with Gasteiger partial charge in [0.1, 0.15) is 0 Å². The molecule has 3 rings (SSSR count). The van der Waals surface area contributed by atoms with Crippen molar-refractivity contribution in [2.75, 3.05) is 6.54 Å². The highest BCUT2D eigenvalue weighted by Crippen LogP contribution is 2.26. The van der Waals surface area contributed by atoms with Gasteiger partial charge >= 0.3 is 0 Å². The molecule has 2 aromatic rings. The lowest BCUT2D eigenvalue weighted by atomic mass is 10.00. The van der Waals surface area contributed by atoms with Crippen LogP contribution in [-0.2, 0) is 19.5 Å². The standard InChI is InChI=1S/C15H18ClN3O/c1-10(2)15-18-17-14(20-15)9-19-7-6-12-11(8-19)4-3-5-13(12)16/h3-5,10H,6-9H2,1-2H3. The molecule has 106 valence electrons. The molecule has 20 heavy (non-hydrogen) atoms. The maximum atomic E-state index is 6.23. The van der Waals surface area contributed by atoms with E-state index < -0.39 is 0 Å². The van der Waals surface area contributed by atoms with Gasteiger partial charge in [-0.3, -0.25) is 4.90 Å². The van der Waals surface area contributed by atoms with Gasteiger partial charge in [-0.25, -0.2) is 0 Å². The van der Waals surface area contributed by atoms with Crippen molar-refractivity contribution in [3.05, 3.63) is 46.1 Å². The van der Waals surface area contributed by atoms with Gasteiger partial charge in [0, 0.05) is 24.0 Å². The molecule has 0 fully saturated rings. The van der Waals surface area contributed by atoms with Gasteiger partial charge in [0.25, 0.3) is 0 Å². The third-order valence-electron chi connectivity index (χ3n) is 3.62. The molecular weight excluding hydrogens is 274 g/mol. The van der Waals surface area contributed by atoms with Crippen LogP contribution >= 0.6 is 11.6 Å².